The summed E-state index contributed by atoms with van der Waals surface area (Å²) in [6.45, 7) is 3.92. The number of benzene rings is 7. The first-order chi connectivity index (χ1) is 27.7. The molecule has 2 aliphatic carbocycles. The van der Waals surface area contributed by atoms with Gasteiger partial charge in [-0.2, -0.15) is 0 Å². The number of allylic oxidation sites excluding steroid dienone is 8. The Kier molecular flexibility index (Phi) is 8.65. The standard InChI is InChI=1S/C54H41NO/c1-2-3-13-41-17-11-21-48-45(41)20-12-23-52(48)55(44-32-28-40(29-33-44)39-26-24-38(25-27-39)37-14-5-4-6-15-37)51-22-10-9-18-46(51)43-31-35-53-50(36-43)49-34-30-42-16-7-8-19-47(42)54(49)56-53/h2-14,16-37,50,53H,1,15H2/b13-3-. The molecule has 7 aromatic carbocycles. The van der Waals surface area contributed by atoms with Crippen molar-refractivity contribution in [2.45, 2.75) is 24.4 Å². The fourth-order valence-corrected chi connectivity index (χ4v) is 8.71. The van der Waals surface area contributed by atoms with Crippen molar-refractivity contribution in [2.75, 3.05) is 4.90 Å². The highest BCUT2D eigenvalue weighted by molar-refractivity contribution is 6.04. The van der Waals surface area contributed by atoms with Crippen LogP contribution in [-0.2, 0) is 0 Å². The molecule has 0 amide bonds. The lowest BCUT2D eigenvalue weighted by atomic mass is 9.85. The third-order valence-corrected chi connectivity index (χ3v) is 11.5. The fraction of sp³-hybridized carbons (Fsp3) is 0.0741. The molecule has 0 bridgehead atoms. The maximum atomic E-state index is 6.64. The van der Waals surface area contributed by atoms with Gasteiger partial charge in [0.2, 0.25) is 0 Å². The van der Waals surface area contributed by atoms with Crippen LogP contribution < -0.4 is 9.64 Å². The molecule has 0 N–H and O–H groups in total. The third kappa shape index (κ3) is 6.01. The van der Waals surface area contributed by atoms with Gasteiger partial charge in [0.25, 0.3) is 0 Å². The second kappa shape index (κ2) is 14.4. The van der Waals surface area contributed by atoms with E-state index in [1.807, 2.05) is 12.2 Å². The summed E-state index contributed by atoms with van der Waals surface area (Å²) in [4.78, 5) is 2.43. The Bertz CT molecular complexity index is 2780. The second-order valence-electron chi connectivity index (χ2n) is 14.8. The second-order valence-corrected chi connectivity index (χ2v) is 14.8. The summed E-state index contributed by atoms with van der Waals surface area (Å²) < 4.78 is 6.64. The number of rotatable bonds is 8. The fourth-order valence-electron chi connectivity index (χ4n) is 8.71. The maximum Gasteiger partial charge on any atom is 0.132 e. The van der Waals surface area contributed by atoms with Gasteiger partial charge in [0, 0.05) is 39.4 Å². The minimum absolute atomic E-state index is 0.0273. The first kappa shape index (κ1) is 33.7. The molecule has 3 unspecified atom stereocenters. The number of fused-ring (bicyclic) bond motifs is 6. The van der Waals surface area contributed by atoms with E-state index >= 15 is 0 Å². The Balaban J connectivity index is 1.08. The summed E-state index contributed by atoms with van der Waals surface area (Å²) in [6.07, 6.45) is 22.7. The number of anilines is 3. The van der Waals surface area contributed by atoms with Gasteiger partial charge in [-0.3, -0.25) is 0 Å². The van der Waals surface area contributed by atoms with Crippen LogP contribution in [0.15, 0.2) is 207 Å². The van der Waals surface area contributed by atoms with Gasteiger partial charge >= 0.3 is 0 Å². The van der Waals surface area contributed by atoms with Gasteiger partial charge in [0.15, 0.2) is 0 Å². The van der Waals surface area contributed by atoms with Crippen molar-refractivity contribution in [3.8, 4) is 16.9 Å². The predicted octanol–water partition coefficient (Wildman–Crippen LogP) is 14.4. The smallest absolute Gasteiger partial charge is 0.132 e. The Morgan fingerprint density at radius 2 is 1.39 bits per heavy atom. The Morgan fingerprint density at radius 3 is 2.23 bits per heavy atom. The van der Waals surface area contributed by atoms with Crippen molar-refractivity contribution in [1.82, 2.24) is 0 Å². The van der Waals surface area contributed by atoms with Crippen molar-refractivity contribution in [2.24, 2.45) is 0 Å². The van der Waals surface area contributed by atoms with Gasteiger partial charge in [-0.05, 0) is 75.4 Å². The molecule has 2 heteroatoms. The van der Waals surface area contributed by atoms with E-state index in [1.54, 1.807) is 0 Å². The molecular weight excluding hydrogens is 679 g/mol. The summed E-state index contributed by atoms with van der Waals surface area (Å²) in [6, 6.07) is 53.1. The summed E-state index contributed by atoms with van der Waals surface area (Å²) in [5.41, 5.74) is 11.8. The first-order valence-electron chi connectivity index (χ1n) is 19.6. The molecule has 56 heavy (non-hydrogen) atoms. The lowest BCUT2D eigenvalue weighted by molar-refractivity contribution is 0.272. The van der Waals surface area contributed by atoms with Crippen LogP contribution in [0.3, 0.4) is 0 Å². The topological polar surface area (TPSA) is 12.5 Å². The van der Waals surface area contributed by atoms with Crippen molar-refractivity contribution >= 4 is 50.3 Å². The number of para-hydroxylation sites is 1. The molecule has 7 aromatic rings. The van der Waals surface area contributed by atoms with E-state index in [0.717, 1.165) is 34.8 Å². The van der Waals surface area contributed by atoms with Crippen LogP contribution in [0.5, 0.6) is 5.75 Å². The monoisotopic (exact) mass is 719 g/mol. The van der Waals surface area contributed by atoms with Crippen LogP contribution in [0, 0.1) is 0 Å². The van der Waals surface area contributed by atoms with Gasteiger partial charge in [-0.25, -0.2) is 0 Å². The van der Waals surface area contributed by atoms with E-state index < -0.39 is 0 Å². The van der Waals surface area contributed by atoms with Crippen LogP contribution in [0.4, 0.5) is 17.1 Å². The van der Waals surface area contributed by atoms with Crippen molar-refractivity contribution < 1.29 is 4.74 Å². The molecule has 2 nitrogen and oxygen atoms in total. The molecule has 0 saturated heterocycles. The third-order valence-electron chi connectivity index (χ3n) is 11.5. The zero-order chi connectivity index (χ0) is 37.4. The van der Waals surface area contributed by atoms with E-state index in [4.69, 9.17) is 4.74 Å². The molecule has 1 heterocycles. The van der Waals surface area contributed by atoms with Crippen molar-refractivity contribution in [1.29, 1.82) is 0 Å². The summed E-state index contributed by atoms with van der Waals surface area (Å²) >= 11 is 0. The number of nitrogens with zero attached hydrogens (tertiary/aromatic N) is 1. The predicted molar refractivity (Wildman–Crippen MR) is 237 cm³/mol. The molecule has 0 radical (unpaired) electrons. The van der Waals surface area contributed by atoms with Gasteiger partial charge in [-0.15, -0.1) is 0 Å². The molecule has 1 aliphatic heterocycles. The lowest BCUT2D eigenvalue weighted by Gasteiger charge is -2.30. The average molecular weight is 720 g/mol. The lowest BCUT2D eigenvalue weighted by Crippen LogP contribution is -2.18. The van der Waals surface area contributed by atoms with Crippen LogP contribution in [0.25, 0.3) is 44.3 Å². The molecule has 3 atom stereocenters. The highest BCUT2D eigenvalue weighted by Gasteiger charge is 2.35. The van der Waals surface area contributed by atoms with E-state index in [0.29, 0.717) is 5.92 Å². The van der Waals surface area contributed by atoms with E-state index in [2.05, 4.69) is 206 Å². The van der Waals surface area contributed by atoms with Gasteiger partial charge in [0.1, 0.15) is 11.9 Å². The van der Waals surface area contributed by atoms with E-state index in [-0.39, 0.29) is 12.0 Å². The molecule has 10 rings (SSSR count). The van der Waals surface area contributed by atoms with Crippen molar-refractivity contribution in [3.63, 3.8) is 0 Å². The molecule has 0 aromatic heterocycles. The summed E-state index contributed by atoms with van der Waals surface area (Å²) in [5, 5.41) is 4.75. The minimum atomic E-state index is -0.0273. The molecule has 3 aliphatic rings. The molecular formula is C54H41NO. The van der Waals surface area contributed by atoms with E-state index in [1.165, 1.54) is 54.9 Å². The largest absolute Gasteiger partial charge is 0.484 e. The van der Waals surface area contributed by atoms with E-state index in [9.17, 15) is 0 Å². The number of hydrogen-bond donors (Lipinski definition) is 0. The molecule has 0 saturated carbocycles. The zero-order valence-corrected chi connectivity index (χ0v) is 31.1. The SMILES string of the molecule is C=C/C=C\c1cccc2c(N(c3ccc(-c4ccc(C5C=CC=CC5)cc4)cc3)c3ccccc3C3=CC4c5ccc6ccccc6c5OC4C=C3)cccc12. The van der Waals surface area contributed by atoms with Crippen molar-refractivity contribution in [3.05, 3.63) is 229 Å². The normalized spacial score (nSPS) is 18.1. The molecule has 268 valence electrons. The maximum absolute atomic E-state index is 6.64. The zero-order valence-electron chi connectivity index (χ0n) is 31.1. The highest BCUT2D eigenvalue weighted by atomic mass is 16.5. The van der Waals surface area contributed by atoms with Crippen LogP contribution in [0.2, 0.25) is 0 Å². The Labute approximate surface area is 329 Å². The minimum Gasteiger partial charge on any atom is -0.484 e. The number of ether oxygens (including phenoxy) is 1. The summed E-state index contributed by atoms with van der Waals surface area (Å²) in [5.74, 6) is 1.57. The summed E-state index contributed by atoms with van der Waals surface area (Å²) in [7, 11) is 0. The molecule has 0 fully saturated rings. The van der Waals surface area contributed by atoms with Gasteiger partial charge in [0.05, 0.1) is 11.4 Å². The Hall–Kier alpha value is -6.90. The first-order valence-corrected chi connectivity index (χ1v) is 19.6. The van der Waals surface area contributed by atoms with Crippen LogP contribution in [-0.4, -0.2) is 6.10 Å². The van der Waals surface area contributed by atoms with Gasteiger partial charge in [-0.1, -0.05) is 183 Å². The Morgan fingerprint density at radius 1 is 0.643 bits per heavy atom. The molecule has 0 spiro atoms. The number of hydrogen-bond acceptors (Lipinski definition) is 2. The average Bonchev–Trinajstić information content (AvgIpc) is 3.65. The van der Waals surface area contributed by atoms with Crippen LogP contribution >= 0.6 is 0 Å². The van der Waals surface area contributed by atoms with Gasteiger partial charge < -0.3 is 9.64 Å². The quantitative estimate of drug-likeness (QED) is 0.145. The van der Waals surface area contributed by atoms with Crippen LogP contribution in [0.1, 0.15) is 40.5 Å². The highest BCUT2D eigenvalue weighted by Crippen LogP contribution is 2.49.